The van der Waals surface area contributed by atoms with Crippen LogP contribution in [0.2, 0.25) is 0 Å². The van der Waals surface area contributed by atoms with E-state index < -0.39 is 22.9 Å². The van der Waals surface area contributed by atoms with E-state index in [1.165, 1.54) is 14.2 Å². The molecular formula is C25H34N2O8. The van der Waals surface area contributed by atoms with E-state index >= 15 is 0 Å². The quantitative estimate of drug-likeness (QED) is 0.177. The average molecular weight is 491 g/mol. The standard InChI is InChI=1S/C25H34N2O8/c1-17-21(24(28)32-3)23(22(18(2)26-17)25(29)33-4)19-13-9-10-14-20(19)34-15-11-7-5-6-8-12-16-35-27(30)31/h9-10,13-14,23,26H,5-8,11-12,15-16H2,1-4H3. The first-order valence-electron chi connectivity index (χ1n) is 11.7. The molecule has 0 fully saturated rings. The number of benzene rings is 1. The third-order valence-electron chi connectivity index (χ3n) is 5.79. The highest BCUT2D eigenvalue weighted by Crippen LogP contribution is 2.42. The third-order valence-corrected chi connectivity index (χ3v) is 5.79. The highest BCUT2D eigenvalue weighted by molar-refractivity contribution is 6.00. The average Bonchev–Trinajstić information content (AvgIpc) is 2.84. The van der Waals surface area contributed by atoms with E-state index in [-0.39, 0.29) is 6.61 Å². The third kappa shape index (κ3) is 7.73. The molecule has 0 aliphatic carbocycles. The number of para-hydroxylation sites is 1. The molecule has 1 N–H and O–H groups in total. The number of carbonyl (C=O) groups is 2. The Balaban J connectivity index is 2.09. The maximum absolute atomic E-state index is 12.7. The number of nitrogens with zero attached hydrogens (tertiary/aromatic N) is 1. The molecule has 192 valence electrons. The molecule has 0 bridgehead atoms. The molecule has 0 spiro atoms. The summed E-state index contributed by atoms with van der Waals surface area (Å²) in [6, 6.07) is 7.34. The molecule has 10 nitrogen and oxygen atoms in total. The SMILES string of the molecule is COC(=O)C1=C(C)NC(C)=C(C(=O)OC)C1c1ccccc1OCCCCCCCCO[N+](=O)[O-]. The molecule has 0 radical (unpaired) electrons. The van der Waals surface area contributed by atoms with Crippen molar-refractivity contribution in [3.63, 3.8) is 0 Å². The number of nitrogens with one attached hydrogen (secondary N) is 1. The van der Waals surface area contributed by atoms with Gasteiger partial charge in [-0.15, -0.1) is 10.1 Å². The molecule has 0 saturated heterocycles. The van der Waals surface area contributed by atoms with Gasteiger partial charge in [-0.05, 0) is 32.8 Å². The number of carbonyl (C=O) groups excluding carboxylic acids is 2. The van der Waals surface area contributed by atoms with Gasteiger partial charge in [-0.3, -0.25) is 0 Å². The molecule has 0 saturated carbocycles. The molecule has 10 heteroatoms. The number of dihydropyridines is 1. The van der Waals surface area contributed by atoms with Crippen LogP contribution in [-0.4, -0.2) is 44.5 Å². The lowest BCUT2D eigenvalue weighted by atomic mass is 9.80. The molecule has 0 unspecified atom stereocenters. The van der Waals surface area contributed by atoms with Crippen molar-refractivity contribution in [1.82, 2.24) is 5.32 Å². The fourth-order valence-corrected chi connectivity index (χ4v) is 4.15. The van der Waals surface area contributed by atoms with Gasteiger partial charge in [0.25, 0.3) is 5.09 Å². The van der Waals surface area contributed by atoms with E-state index in [0.717, 1.165) is 32.1 Å². The highest BCUT2D eigenvalue weighted by atomic mass is 16.9. The Morgan fingerprint density at radius 1 is 0.886 bits per heavy atom. The minimum absolute atomic E-state index is 0.131. The normalized spacial score (nSPS) is 13.8. The molecule has 0 aromatic heterocycles. The Hall–Kier alpha value is -3.56. The van der Waals surface area contributed by atoms with E-state index in [0.29, 0.717) is 46.9 Å². The van der Waals surface area contributed by atoms with Crippen LogP contribution in [0, 0.1) is 10.1 Å². The number of unbranched alkanes of at least 4 members (excludes halogenated alkanes) is 5. The first-order chi connectivity index (χ1) is 16.8. The first-order valence-corrected chi connectivity index (χ1v) is 11.7. The molecular weight excluding hydrogens is 456 g/mol. The number of ether oxygens (including phenoxy) is 3. The lowest BCUT2D eigenvalue weighted by Crippen LogP contribution is -2.32. The molecule has 0 atom stereocenters. The minimum Gasteiger partial charge on any atom is -0.493 e. The van der Waals surface area contributed by atoms with Crippen molar-refractivity contribution < 1.29 is 33.7 Å². The van der Waals surface area contributed by atoms with Crippen LogP contribution in [-0.2, 0) is 23.9 Å². The molecule has 35 heavy (non-hydrogen) atoms. The van der Waals surface area contributed by atoms with Crippen LogP contribution < -0.4 is 10.1 Å². The van der Waals surface area contributed by atoms with Crippen LogP contribution in [0.15, 0.2) is 46.8 Å². The largest absolute Gasteiger partial charge is 0.493 e. The van der Waals surface area contributed by atoms with Crippen LogP contribution in [0.1, 0.15) is 63.9 Å². The number of rotatable bonds is 14. The zero-order valence-corrected chi connectivity index (χ0v) is 20.8. The van der Waals surface area contributed by atoms with Crippen LogP contribution in [0.5, 0.6) is 5.75 Å². The summed E-state index contributed by atoms with van der Waals surface area (Å²) in [4.78, 5) is 39.9. The maximum Gasteiger partial charge on any atom is 0.336 e. The van der Waals surface area contributed by atoms with E-state index in [1.54, 1.807) is 13.8 Å². The molecule has 1 aliphatic heterocycles. The number of esters is 2. The second kappa shape index (κ2) is 14.0. The van der Waals surface area contributed by atoms with Gasteiger partial charge < -0.3 is 24.4 Å². The minimum atomic E-state index is -0.768. The van der Waals surface area contributed by atoms with Gasteiger partial charge in [-0.25, -0.2) is 9.59 Å². The van der Waals surface area contributed by atoms with E-state index in [9.17, 15) is 19.7 Å². The van der Waals surface area contributed by atoms with Gasteiger partial charge in [0, 0.05) is 17.0 Å². The fourth-order valence-electron chi connectivity index (χ4n) is 4.15. The van der Waals surface area contributed by atoms with Crippen LogP contribution in [0.3, 0.4) is 0 Å². The van der Waals surface area contributed by atoms with Crippen molar-refractivity contribution in [3.05, 3.63) is 62.5 Å². The predicted molar refractivity (Wildman–Crippen MR) is 128 cm³/mol. The van der Waals surface area contributed by atoms with Gasteiger partial charge in [0.1, 0.15) is 5.75 Å². The molecule has 1 aromatic carbocycles. The van der Waals surface area contributed by atoms with Crippen LogP contribution in [0.25, 0.3) is 0 Å². The lowest BCUT2D eigenvalue weighted by Gasteiger charge is -2.31. The van der Waals surface area contributed by atoms with Crippen molar-refractivity contribution in [1.29, 1.82) is 0 Å². The monoisotopic (exact) mass is 490 g/mol. The first kappa shape index (κ1) is 27.7. The number of methoxy groups -OCH3 is 2. The van der Waals surface area contributed by atoms with Gasteiger partial charge in [-0.2, -0.15) is 0 Å². The number of hydrogen-bond donors (Lipinski definition) is 1. The van der Waals surface area contributed by atoms with E-state index in [2.05, 4.69) is 10.2 Å². The summed E-state index contributed by atoms with van der Waals surface area (Å²) in [5.41, 5.74) is 2.54. The van der Waals surface area contributed by atoms with Gasteiger partial charge in [-0.1, -0.05) is 43.9 Å². The summed E-state index contributed by atoms with van der Waals surface area (Å²) in [5, 5.41) is 12.5. The molecule has 1 aromatic rings. The van der Waals surface area contributed by atoms with E-state index in [1.807, 2.05) is 24.3 Å². The van der Waals surface area contributed by atoms with Crippen LogP contribution in [0.4, 0.5) is 0 Å². The molecule has 1 aliphatic rings. The second-order valence-electron chi connectivity index (χ2n) is 8.18. The Kier molecular flexibility index (Phi) is 11.1. The Labute approximate surface area is 205 Å². The Bertz CT molecular complexity index is 932. The highest BCUT2D eigenvalue weighted by Gasteiger charge is 2.38. The summed E-state index contributed by atoms with van der Waals surface area (Å²) in [6.07, 6.45) is 5.25. The Morgan fingerprint density at radius 2 is 1.40 bits per heavy atom. The molecule has 0 amide bonds. The van der Waals surface area contributed by atoms with Gasteiger partial charge >= 0.3 is 11.9 Å². The van der Waals surface area contributed by atoms with E-state index in [4.69, 9.17) is 14.2 Å². The number of allylic oxidation sites excluding steroid dienone is 2. The summed E-state index contributed by atoms with van der Waals surface area (Å²) >= 11 is 0. The Morgan fingerprint density at radius 3 is 1.94 bits per heavy atom. The fraction of sp³-hybridized carbons (Fsp3) is 0.520. The van der Waals surface area contributed by atoms with Gasteiger partial charge in [0.05, 0.1) is 44.5 Å². The van der Waals surface area contributed by atoms with Crippen molar-refractivity contribution >= 4 is 11.9 Å². The van der Waals surface area contributed by atoms with Crippen molar-refractivity contribution in [2.75, 3.05) is 27.4 Å². The summed E-state index contributed by atoms with van der Waals surface area (Å²) in [7, 11) is 2.61. The van der Waals surface area contributed by atoms with Crippen LogP contribution >= 0.6 is 0 Å². The van der Waals surface area contributed by atoms with Crippen molar-refractivity contribution in [3.8, 4) is 5.75 Å². The zero-order chi connectivity index (χ0) is 25.8. The van der Waals surface area contributed by atoms with Crippen molar-refractivity contribution in [2.24, 2.45) is 0 Å². The zero-order valence-electron chi connectivity index (χ0n) is 20.8. The van der Waals surface area contributed by atoms with Gasteiger partial charge in [0.2, 0.25) is 0 Å². The number of hydrogen-bond acceptors (Lipinski definition) is 9. The molecule has 1 heterocycles. The lowest BCUT2D eigenvalue weighted by molar-refractivity contribution is -0.757. The predicted octanol–water partition coefficient (Wildman–Crippen LogP) is 4.20. The summed E-state index contributed by atoms with van der Waals surface area (Å²) in [5.74, 6) is -1.19. The second-order valence-corrected chi connectivity index (χ2v) is 8.18. The van der Waals surface area contributed by atoms with Gasteiger partial charge in [0.15, 0.2) is 0 Å². The maximum atomic E-state index is 12.7. The summed E-state index contributed by atoms with van der Waals surface area (Å²) < 4.78 is 16.1. The summed E-state index contributed by atoms with van der Waals surface area (Å²) in [6.45, 7) is 4.14. The van der Waals surface area contributed by atoms with Crippen molar-refractivity contribution in [2.45, 2.75) is 58.3 Å². The topological polar surface area (TPSA) is 126 Å². The smallest absolute Gasteiger partial charge is 0.336 e. The molecule has 2 rings (SSSR count).